The number of methoxy groups -OCH3 is 1. The summed E-state index contributed by atoms with van der Waals surface area (Å²) in [5, 5.41) is 4.00. The number of aromatic nitrogens is 2. The molecule has 180 valence electrons. The quantitative estimate of drug-likeness (QED) is 0.507. The molecule has 4 rings (SSSR count). The summed E-state index contributed by atoms with van der Waals surface area (Å²) in [5.74, 6) is 0.805. The molecule has 1 unspecified atom stereocenters. The van der Waals surface area contributed by atoms with Crippen LogP contribution in [0.3, 0.4) is 0 Å². The van der Waals surface area contributed by atoms with E-state index in [-0.39, 0.29) is 23.9 Å². The van der Waals surface area contributed by atoms with Gasteiger partial charge in [0.05, 0.1) is 24.5 Å². The number of hydrogen-bond acceptors (Lipinski definition) is 7. The smallest absolute Gasteiger partial charge is 0.246 e. The minimum absolute atomic E-state index is 0.136. The number of benzene rings is 2. The standard InChI is InChI=1S/C24H28N4O5S/c1-17-9-11-21(12-10-17)34(30,31)28-13-5-7-19(15-28)24(29)27(2)16-22-25-23(26-33-22)18-6-4-8-20(14-18)32-3/h4,6,8-12,14,19H,5,7,13,15-16H2,1-3H3. The van der Waals surface area contributed by atoms with Crippen molar-refractivity contribution >= 4 is 15.9 Å². The Morgan fingerprint density at radius 2 is 2.00 bits per heavy atom. The molecule has 0 N–H and O–H groups in total. The number of sulfonamides is 1. The van der Waals surface area contributed by atoms with Gasteiger partial charge in [0, 0.05) is 25.7 Å². The summed E-state index contributed by atoms with van der Waals surface area (Å²) in [6, 6.07) is 14.1. The van der Waals surface area contributed by atoms with Crippen LogP contribution in [0, 0.1) is 12.8 Å². The Labute approximate surface area is 199 Å². The van der Waals surface area contributed by atoms with Gasteiger partial charge in [0.2, 0.25) is 27.6 Å². The van der Waals surface area contributed by atoms with Gasteiger partial charge in [-0.1, -0.05) is 35.0 Å². The van der Waals surface area contributed by atoms with Crippen molar-refractivity contribution in [3.63, 3.8) is 0 Å². The average molecular weight is 485 g/mol. The van der Waals surface area contributed by atoms with Gasteiger partial charge in [-0.25, -0.2) is 8.42 Å². The molecule has 9 nitrogen and oxygen atoms in total. The number of nitrogens with zero attached hydrogens (tertiary/aromatic N) is 4. The van der Waals surface area contributed by atoms with Gasteiger partial charge in [-0.3, -0.25) is 4.79 Å². The summed E-state index contributed by atoms with van der Waals surface area (Å²) < 4.78 is 38.1. The van der Waals surface area contributed by atoms with Crippen LogP contribution in [0.5, 0.6) is 5.75 Å². The molecule has 0 aliphatic carbocycles. The Morgan fingerprint density at radius 1 is 1.24 bits per heavy atom. The zero-order chi connectivity index (χ0) is 24.3. The van der Waals surface area contributed by atoms with E-state index in [1.807, 2.05) is 25.1 Å². The van der Waals surface area contributed by atoms with E-state index in [1.165, 1.54) is 9.21 Å². The molecule has 2 heterocycles. The lowest BCUT2D eigenvalue weighted by molar-refractivity contribution is -0.136. The van der Waals surface area contributed by atoms with Gasteiger partial charge < -0.3 is 14.2 Å². The number of hydrogen-bond donors (Lipinski definition) is 0. The molecule has 1 saturated heterocycles. The molecule has 1 aliphatic rings. The van der Waals surface area contributed by atoms with Crippen LogP contribution in [0.2, 0.25) is 0 Å². The van der Waals surface area contributed by atoms with Crippen molar-refractivity contribution in [2.75, 3.05) is 27.2 Å². The van der Waals surface area contributed by atoms with E-state index in [1.54, 1.807) is 44.5 Å². The third-order valence-corrected chi connectivity index (χ3v) is 7.82. The molecule has 1 aliphatic heterocycles. The highest BCUT2D eigenvalue weighted by Crippen LogP contribution is 2.26. The molecule has 1 atom stereocenters. The first-order chi connectivity index (χ1) is 16.3. The second kappa shape index (κ2) is 9.94. The minimum atomic E-state index is -3.65. The topological polar surface area (TPSA) is 106 Å². The van der Waals surface area contributed by atoms with Crippen LogP contribution < -0.4 is 4.74 Å². The van der Waals surface area contributed by atoms with Crippen LogP contribution in [-0.2, 0) is 21.4 Å². The van der Waals surface area contributed by atoms with Crippen molar-refractivity contribution in [1.29, 1.82) is 0 Å². The SMILES string of the molecule is COc1cccc(-c2noc(CN(C)C(=O)C3CCCN(S(=O)(=O)c4ccc(C)cc4)C3)n2)c1. The molecule has 0 spiro atoms. The van der Waals surface area contributed by atoms with Crippen molar-refractivity contribution in [3.8, 4) is 17.1 Å². The summed E-state index contributed by atoms with van der Waals surface area (Å²) in [4.78, 5) is 19.3. The predicted molar refractivity (Wildman–Crippen MR) is 125 cm³/mol. The molecule has 1 fully saturated rings. The fourth-order valence-electron chi connectivity index (χ4n) is 4.01. The first-order valence-corrected chi connectivity index (χ1v) is 12.5. The third kappa shape index (κ3) is 5.13. The molecular weight excluding hydrogens is 456 g/mol. The maximum Gasteiger partial charge on any atom is 0.246 e. The molecule has 0 saturated carbocycles. The van der Waals surface area contributed by atoms with E-state index in [9.17, 15) is 13.2 Å². The van der Waals surface area contributed by atoms with Crippen LogP contribution >= 0.6 is 0 Å². The van der Waals surface area contributed by atoms with Gasteiger partial charge in [0.1, 0.15) is 5.75 Å². The Bertz CT molecular complexity index is 1260. The van der Waals surface area contributed by atoms with Gasteiger partial charge in [-0.05, 0) is 44.0 Å². The first-order valence-electron chi connectivity index (χ1n) is 11.1. The average Bonchev–Trinajstić information content (AvgIpc) is 3.32. The largest absolute Gasteiger partial charge is 0.497 e. The van der Waals surface area contributed by atoms with E-state index < -0.39 is 15.9 Å². The maximum absolute atomic E-state index is 13.1. The van der Waals surface area contributed by atoms with Gasteiger partial charge in [0.25, 0.3) is 0 Å². The highest BCUT2D eigenvalue weighted by atomic mass is 32.2. The molecule has 1 aromatic heterocycles. The third-order valence-electron chi connectivity index (χ3n) is 5.94. The summed E-state index contributed by atoms with van der Waals surface area (Å²) in [5.41, 5.74) is 1.73. The number of piperidine rings is 1. The van der Waals surface area contributed by atoms with Crippen LogP contribution in [0.15, 0.2) is 57.9 Å². The molecule has 0 bridgehead atoms. The van der Waals surface area contributed by atoms with Crippen molar-refractivity contribution in [3.05, 3.63) is 60.0 Å². The number of ether oxygens (including phenoxy) is 1. The molecular formula is C24H28N4O5S. The van der Waals surface area contributed by atoms with Crippen molar-refractivity contribution in [2.45, 2.75) is 31.2 Å². The van der Waals surface area contributed by atoms with E-state index in [0.29, 0.717) is 36.9 Å². The minimum Gasteiger partial charge on any atom is -0.497 e. The molecule has 2 aromatic carbocycles. The zero-order valence-corrected chi connectivity index (χ0v) is 20.3. The monoisotopic (exact) mass is 484 g/mol. The Kier molecular flexibility index (Phi) is 6.99. The molecule has 1 amide bonds. The number of aryl methyl sites for hydroxylation is 1. The van der Waals surface area contributed by atoms with Crippen LogP contribution in [0.4, 0.5) is 0 Å². The summed E-state index contributed by atoms with van der Waals surface area (Å²) >= 11 is 0. The van der Waals surface area contributed by atoms with Gasteiger partial charge in [0.15, 0.2) is 0 Å². The van der Waals surface area contributed by atoms with Crippen LogP contribution in [-0.4, -0.2) is 60.9 Å². The van der Waals surface area contributed by atoms with Gasteiger partial charge in [-0.2, -0.15) is 9.29 Å². The summed E-state index contributed by atoms with van der Waals surface area (Å²) in [7, 11) is -0.410. The first kappa shape index (κ1) is 23.9. The molecule has 34 heavy (non-hydrogen) atoms. The zero-order valence-electron chi connectivity index (χ0n) is 19.5. The number of amides is 1. The maximum atomic E-state index is 13.1. The van der Waals surface area contributed by atoms with Crippen LogP contribution in [0.1, 0.15) is 24.3 Å². The van der Waals surface area contributed by atoms with E-state index in [2.05, 4.69) is 10.1 Å². The number of rotatable bonds is 7. The lowest BCUT2D eigenvalue weighted by Gasteiger charge is -2.33. The number of carbonyl (C=O) groups is 1. The van der Waals surface area contributed by atoms with Gasteiger partial charge in [-0.15, -0.1) is 0 Å². The lowest BCUT2D eigenvalue weighted by atomic mass is 9.98. The molecule has 3 aromatic rings. The Hall–Kier alpha value is -3.24. The number of carbonyl (C=O) groups excluding carboxylic acids is 1. The van der Waals surface area contributed by atoms with Crippen molar-refractivity contribution in [1.82, 2.24) is 19.3 Å². The van der Waals surface area contributed by atoms with Gasteiger partial charge >= 0.3 is 0 Å². The fraction of sp³-hybridized carbons (Fsp3) is 0.375. The summed E-state index contributed by atoms with van der Waals surface area (Å²) in [6.45, 7) is 2.59. The van der Waals surface area contributed by atoms with E-state index in [0.717, 1.165) is 11.1 Å². The predicted octanol–water partition coefficient (Wildman–Crippen LogP) is 3.11. The Morgan fingerprint density at radius 3 is 2.74 bits per heavy atom. The highest BCUT2D eigenvalue weighted by molar-refractivity contribution is 7.89. The fourth-order valence-corrected chi connectivity index (χ4v) is 5.54. The molecule has 0 radical (unpaired) electrons. The second-order valence-electron chi connectivity index (χ2n) is 8.45. The highest BCUT2D eigenvalue weighted by Gasteiger charge is 2.34. The van der Waals surface area contributed by atoms with Crippen molar-refractivity contribution < 1.29 is 22.5 Å². The lowest BCUT2D eigenvalue weighted by Crippen LogP contribution is -2.45. The summed E-state index contributed by atoms with van der Waals surface area (Å²) in [6.07, 6.45) is 1.25. The second-order valence-corrected chi connectivity index (χ2v) is 10.4. The van der Waals surface area contributed by atoms with Crippen molar-refractivity contribution in [2.24, 2.45) is 5.92 Å². The molecule has 10 heteroatoms. The normalized spacial score (nSPS) is 16.9. The van der Waals surface area contributed by atoms with E-state index >= 15 is 0 Å². The Balaban J connectivity index is 1.41. The van der Waals surface area contributed by atoms with E-state index in [4.69, 9.17) is 9.26 Å². The van der Waals surface area contributed by atoms with Crippen LogP contribution in [0.25, 0.3) is 11.4 Å².